The van der Waals surface area contributed by atoms with Crippen LogP contribution in [0.5, 0.6) is 0 Å². The molecule has 0 unspecified atom stereocenters. The summed E-state index contributed by atoms with van der Waals surface area (Å²) in [6.07, 6.45) is 0.980. The molecule has 0 aromatic heterocycles. The van der Waals surface area contributed by atoms with Crippen LogP contribution in [0.1, 0.15) is 27.2 Å². The van der Waals surface area contributed by atoms with Crippen LogP contribution >= 0.6 is 0 Å². The fourth-order valence-electron chi connectivity index (χ4n) is 0.847. The summed E-state index contributed by atoms with van der Waals surface area (Å²) in [7, 11) is -0.294. The summed E-state index contributed by atoms with van der Waals surface area (Å²) in [5.41, 5.74) is 0.0319. The average molecular weight is 166 g/mol. The first-order chi connectivity index (χ1) is 5.58. The topological polar surface area (TPSA) is 18.5 Å². The second-order valence-electron chi connectivity index (χ2n) is 3.95. The van der Waals surface area contributed by atoms with Gasteiger partial charge >= 0.3 is 7.12 Å². The Morgan fingerprint density at radius 1 is 1.17 bits per heavy atom. The maximum atomic E-state index is 5.28. The minimum absolute atomic E-state index is 0.0319. The van der Waals surface area contributed by atoms with Crippen molar-refractivity contribution < 1.29 is 9.31 Å². The second-order valence-corrected chi connectivity index (χ2v) is 3.95. The molecule has 0 radical (unpaired) electrons. The van der Waals surface area contributed by atoms with E-state index in [0.29, 0.717) is 0 Å². The molecule has 0 atom stereocenters. The third kappa shape index (κ3) is 3.80. The van der Waals surface area contributed by atoms with Gasteiger partial charge in [-0.2, -0.15) is 0 Å². The molecule has 1 aliphatic rings. The Balaban J connectivity index is 2.41. The van der Waals surface area contributed by atoms with Crippen LogP contribution < -0.4 is 0 Å². The predicted molar refractivity (Wildman–Crippen MR) is 49.5 cm³/mol. The first-order valence-corrected chi connectivity index (χ1v) is 4.34. The highest BCUT2D eigenvalue weighted by molar-refractivity contribution is 6.54. The van der Waals surface area contributed by atoms with Crippen molar-refractivity contribution in [1.29, 1.82) is 0 Å². The highest BCUT2D eigenvalue weighted by atomic mass is 16.6. The Labute approximate surface area is 74.8 Å². The lowest BCUT2D eigenvalue weighted by Crippen LogP contribution is -2.28. The van der Waals surface area contributed by atoms with E-state index in [1.54, 1.807) is 0 Å². The summed E-state index contributed by atoms with van der Waals surface area (Å²) >= 11 is 0. The van der Waals surface area contributed by atoms with Gasteiger partial charge in [-0.1, -0.05) is 5.82 Å². The molecule has 2 nitrogen and oxygen atoms in total. The SMILES string of the molecule is CC(C)(C)C#CB1OCCCO1. The number of rotatable bonds is 0. The third-order valence-electron chi connectivity index (χ3n) is 1.39. The van der Waals surface area contributed by atoms with Gasteiger partial charge in [0.15, 0.2) is 0 Å². The number of hydrogen-bond acceptors (Lipinski definition) is 2. The van der Waals surface area contributed by atoms with Crippen molar-refractivity contribution in [3.8, 4) is 11.7 Å². The van der Waals surface area contributed by atoms with E-state index in [-0.39, 0.29) is 12.5 Å². The Bertz CT molecular complexity index is 191. The molecule has 0 spiro atoms. The minimum atomic E-state index is -0.294. The van der Waals surface area contributed by atoms with Gasteiger partial charge < -0.3 is 9.31 Å². The van der Waals surface area contributed by atoms with Crippen molar-refractivity contribution in [3.05, 3.63) is 0 Å². The molecule has 1 rings (SSSR count). The molecule has 0 amide bonds. The normalized spacial score (nSPS) is 18.4. The summed E-state index contributed by atoms with van der Waals surface area (Å²) in [5, 5.41) is 0. The second kappa shape index (κ2) is 3.98. The van der Waals surface area contributed by atoms with Gasteiger partial charge in [0.2, 0.25) is 0 Å². The molecule has 1 heterocycles. The first kappa shape index (κ1) is 9.63. The summed E-state index contributed by atoms with van der Waals surface area (Å²) < 4.78 is 10.6. The fourth-order valence-corrected chi connectivity index (χ4v) is 0.847. The lowest BCUT2D eigenvalue weighted by Gasteiger charge is -2.15. The maximum absolute atomic E-state index is 5.28. The predicted octanol–water partition coefficient (Wildman–Crippen LogP) is 1.50. The molecule has 1 saturated heterocycles. The highest BCUT2D eigenvalue weighted by Gasteiger charge is 2.19. The van der Waals surface area contributed by atoms with E-state index in [9.17, 15) is 0 Å². The lowest BCUT2D eigenvalue weighted by molar-refractivity contribution is 0.144. The van der Waals surface area contributed by atoms with Gasteiger partial charge in [-0.3, -0.25) is 0 Å². The first-order valence-electron chi connectivity index (χ1n) is 4.34. The van der Waals surface area contributed by atoms with Crippen LogP contribution in [0.25, 0.3) is 0 Å². The molecule has 3 heteroatoms. The molecule has 0 aromatic rings. The van der Waals surface area contributed by atoms with Crippen LogP contribution in [0.3, 0.4) is 0 Å². The largest absolute Gasteiger partial charge is 0.550 e. The summed E-state index contributed by atoms with van der Waals surface area (Å²) in [6, 6.07) is 0. The van der Waals surface area contributed by atoms with Crippen molar-refractivity contribution in [3.63, 3.8) is 0 Å². The van der Waals surface area contributed by atoms with Crippen LogP contribution in [-0.2, 0) is 9.31 Å². The maximum Gasteiger partial charge on any atom is 0.550 e. The fraction of sp³-hybridized carbons (Fsp3) is 0.778. The Morgan fingerprint density at radius 2 is 1.75 bits per heavy atom. The third-order valence-corrected chi connectivity index (χ3v) is 1.39. The van der Waals surface area contributed by atoms with Crippen LogP contribution in [0.15, 0.2) is 0 Å². The lowest BCUT2D eigenvalue weighted by atomic mass is 9.86. The smallest absolute Gasteiger partial charge is 0.400 e. The molecule has 1 fully saturated rings. The van der Waals surface area contributed by atoms with Crippen LogP contribution in [0.4, 0.5) is 0 Å². The Kier molecular flexibility index (Phi) is 3.19. The molecule has 0 saturated carbocycles. The minimum Gasteiger partial charge on any atom is -0.400 e. The number of hydrogen-bond donors (Lipinski definition) is 0. The molecule has 0 aliphatic carbocycles. The molecular weight excluding hydrogens is 151 g/mol. The monoisotopic (exact) mass is 166 g/mol. The molecule has 0 aromatic carbocycles. The zero-order valence-corrected chi connectivity index (χ0v) is 8.02. The zero-order valence-electron chi connectivity index (χ0n) is 8.02. The average Bonchev–Trinajstić information content (AvgIpc) is 2.02. The Morgan fingerprint density at radius 3 is 2.25 bits per heavy atom. The van der Waals surface area contributed by atoms with Gasteiger partial charge in [0, 0.05) is 18.6 Å². The molecule has 0 bridgehead atoms. The van der Waals surface area contributed by atoms with E-state index in [4.69, 9.17) is 9.31 Å². The van der Waals surface area contributed by atoms with Crippen molar-refractivity contribution in [1.82, 2.24) is 0 Å². The van der Waals surface area contributed by atoms with Crippen molar-refractivity contribution >= 4 is 7.12 Å². The standard InChI is InChI=1S/C9H15BO2/c1-9(2,3)5-6-10-11-7-4-8-12-10/h4,7-8H2,1-3H3. The van der Waals surface area contributed by atoms with Gasteiger partial charge in [0.1, 0.15) is 0 Å². The van der Waals surface area contributed by atoms with Crippen molar-refractivity contribution in [2.45, 2.75) is 27.2 Å². The van der Waals surface area contributed by atoms with Crippen molar-refractivity contribution in [2.24, 2.45) is 5.41 Å². The van der Waals surface area contributed by atoms with E-state index in [0.717, 1.165) is 19.6 Å². The summed E-state index contributed by atoms with van der Waals surface area (Å²) in [4.78, 5) is 0. The van der Waals surface area contributed by atoms with Crippen LogP contribution in [0, 0.1) is 17.2 Å². The van der Waals surface area contributed by atoms with Gasteiger partial charge in [-0.25, -0.2) is 0 Å². The summed E-state index contributed by atoms with van der Waals surface area (Å²) in [5.74, 6) is 6.06. The van der Waals surface area contributed by atoms with Gasteiger partial charge in [-0.05, 0) is 27.2 Å². The molecule has 1 aliphatic heterocycles. The van der Waals surface area contributed by atoms with E-state index in [1.165, 1.54) is 0 Å². The molecular formula is C9H15BO2. The van der Waals surface area contributed by atoms with E-state index >= 15 is 0 Å². The van der Waals surface area contributed by atoms with E-state index in [1.807, 2.05) is 0 Å². The van der Waals surface area contributed by atoms with Gasteiger partial charge in [0.05, 0.1) is 0 Å². The van der Waals surface area contributed by atoms with Crippen molar-refractivity contribution in [2.75, 3.05) is 13.2 Å². The molecule has 66 valence electrons. The van der Waals surface area contributed by atoms with E-state index in [2.05, 4.69) is 32.5 Å². The molecule has 0 N–H and O–H groups in total. The van der Waals surface area contributed by atoms with Gasteiger partial charge in [0.25, 0.3) is 0 Å². The highest BCUT2D eigenvalue weighted by Crippen LogP contribution is 2.10. The summed E-state index contributed by atoms with van der Waals surface area (Å²) in [6.45, 7) is 7.75. The quantitative estimate of drug-likeness (QED) is 0.401. The Hall–Kier alpha value is -0.455. The van der Waals surface area contributed by atoms with Crippen LogP contribution in [-0.4, -0.2) is 20.3 Å². The zero-order chi connectivity index (χ0) is 9.03. The van der Waals surface area contributed by atoms with Crippen LogP contribution in [0.2, 0.25) is 0 Å². The van der Waals surface area contributed by atoms with E-state index < -0.39 is 0 Å². The molecule has 12 heavy (non-hydrogen) atoms. The van der Waals surface area contributed by atoms with Gasteiger partial charge in [-0.15, -0.1) is 5.92 Å².